The number of hydrogen-bond acceptors (Lipinski definition) is 6. The van der Waals surface area contributed by atoms with Crippen LogP contribution >= 0.6 is 23.2 Å². The minimum atomic E-state index is -0.922. The first-order chi connectivity index (χ1) is 17.8. The number of hydrazone groups is 1. The molecular formula is C26H24Cl2N4O5. The first-order valence-corrected chi connectivity index (χ1v) is 11.9. The lowest BCUT2D eigenvalue weighted by Gasteiger charge is -2.09. The second-order valence-electron chi connectivity index (χ2n) is 7.56. The Balaban J connectivity index is 1.41. The zero-order chi connectivity index (χ0) is 26.6. The number of benzene rings is 3. The molecule has 0 bridgehead atoms. The Morgan fingerprint density at radius 2 is 1.54 bits per heavy atom. The lowest BCUT2D eigenvalue weighted by molar-refractivity contribution is -0.136. The summed E-state index contributed by atoms with van der Waals surface area (Å²) in [7, 11) is 0. The molecule has 3 N–H and O–H groups in total. The first kappa shape index (κ1) is 27.5. The molecule has 0 aliphatic heterocycles. The summed E-state index contributed by atoms with van der Waals surface area (Å²) in [6, 6.07) is 18.0. The summed E-state index contributed by atoms with van der Waals surface area (Å²) < 4.78 is 10.9. The van der Waals surface area contributed by atoms with E-state index in [9.17, 15) is 14.4 Å². The highest BCUT2D eigenvalue weighted by Crippen LogP contribution is 2.25. The van der Waals surface area contributed by atoms with E-state index in [1.54, 1.807) is 60.7 Å². The topological polar surface area (TPSA) is 118 Å². The van der Waals surface area contributed by atoms with Gasteiger partial charge in [0.05, 0.1) is 23.5 Å². The average Bonchev–Trinajstić information content (AvgIpc) is 2.89. The minimum absolute atomic E-state index is 0.230. The van der Waals surface area contributed by atoms with Crippen molar-refractivity contribution in [3.8, 4) is 11.5 Å². The normalized spacial score (nSPS) is 10.6. The van der Waals surface area contributed by atoms with Crippen molar-refractivity contribution in [3.05, 3.63) is 82.3 Å². The van der Waals surface area contributed by atoms with Gasteiger partial charge in [0.15, 0.2) is 6.61 Å². The van der Waals surface area contributed by atoms with E-state index in [-0.39, 0.29) is 6.61 Å². The number of hydrogen-bond donors (Lipinski definition) is 3. The van der Waals surface area contributed by atoms with Crippen molar-refractivity contribution < 1.29 is 23.9 Å². The predicted molar refractivity (Wildman–Crippen MR) is 144 cm³/mol. The Morgan fingerprint density at radius 3 is 2.22 bits per heavy atom. The van der Waals surface area contributed by atoms with Crippen LogP contribution in [0.2, 0.25) is 10.0 Å². The highest BCUT2D eigenvalue weighted by molar-refractivity contribution is 6.39. The molecule has 0 fully saturated rings. The summed E-state index contributed by atoms with van der Waals surface area (Å²) in [6.45, 7) is 2.37. The Kier molecular flexibility index (Phi) is 10.3. The quantitative estimate of drug-likeness (QED) is 0.191. The van der Waals surface area contributed by atoms with Crippen LogP contribution in [0, 0.1) is 0 Å². The minimum Gasteiger partial charge on any atom is -0.494 e. The SMILES string of the molecule is CCCOc1ccc(NC(=O)C(=O)N/N=C\c2ccc(OCC(=O)Nc3ccc(Cl)cc3Cl)cc2)cc1. The van der Waals surface area contributed by atoms with Gasteiger partial charge < -0.3 is 20.1 Å². The van der Waals surface area contributed by atoms with Gasteiger partial charge in [-0.1, -0.05) is 30.1 Å². The number of nitrogens with one attached hydrogen (secondary N) is 3. The molecule has 9 nitrogen and oxygen atoms in total. The van der Waals surface area contributed by atoms with Crippen LogP contribution < -0.4 is 25.5 Å². The summed E-state index contributed by atoms with van der Waals surface area (Å²) in [4.78, 5) is 36.1. The molecular weight excluding hydrogens is 519 g/mol. The maximum absolute atomic E-state index is 12.1. The van der Waals surface area contributed by atoms with E-state index in [1.807, 2.05) is 6.92 Å². The lowest BCUT2D eigenvalue weighted by Crippen LogP contribution is -2.32. The van der Waals surface area contributed by atoms with Gasteiger partial charge in [-0.25, -0.2) is 5.43 Å². The summed E-state index contributed by atoms with van der Waals surface area (Å²) in [5.74, 6) is -1.05. The van der Waals surface area contributed by atoms with Gasteiger partial charge in [-0.2, -0.15) is 5.10 Å². The van der Waals surface area contributed by atoms with Gasteiger partial charge in [0.2, 0.25) is 0 Å². The van der Waals surface area contributed by atoms with E-state index in [1.165, 1.54) is 12.3 Å². The molecule has 0 unspecified atom stereocenters. The number of rotatable bonds is 10. The Labute approximate surface area is 223 Å². The van der Waals surface area contributed by atoms with E-state index in [4.69, 9.17) is 32.7 Å². The third-order valence-corrected chi connectivity index (χ3v) is 5.17. The van der Waals surface area contributed by atoms with Gasteiger partial charge in [0.1, 0.15) is 11.5 Å². The fraction of sp³-hybridized carbons (Fsp3) is 0.154. The molecule has 3 rings (SSSR count). The monoisotopic (exact) mass is 542 g/mol. The van der Waals surface area contributed by atoms with Crippen molar-refractivity contribution in [3.63, 3.8) is 0 Å². The molecule has 0 aliphatic rings. The van der Waals surface area contributed by atoms with Crippen LogP contribution in [0.25, 0.3) is 0 Å². The van der Waals surface area contributed by atoms with E-state index >= 15 is 0 Å². The molecule has 192 valence electrons. The molecule has 3 amide bonds. The molecule has 0 saturated carbocycles. The standard InChI is InChI=1S/C26H24Cl2N4O5/c1-2-13-36-20-10-6-19(7-11-20)30-25(34)26(35)32-29-15-17-3-8-21(9-4-17)37-16-24(33)31-23-12-5-18(27)14-22(23)28/h3-12,14-15H,2,13,16H2,1H3,(H,30,34)(H,31,33)(H,32,35)/b29-15-. The third kappa shape index (κ3) is 9.14. The van der Waals surface area contributed by atoms with Crippen molar-refractivity contribution >= 4 is 58.5 Å². The molecule has 0 atom stereocenters. The third-order valence-electron chi connectivity index (χ3n) is 4.63. The van der Waals surface area contributed by atoms with Crippen molar-refractivity contribution in [2.75, 3.05) is 23.8 Å². The molecule has 11 heteroatoms. The van der Waals surface area contributed by atoms with Crippen molar-refractivity contribution in [1.29, 1.82) is 0 Å². The van der Waals surface area contributed by atoms with E-state index < -0.39 is 17.7 Å². The van der Waals surface area contributed by atoms with Crippen LogP contribution in [-0.4, -0.2) is 37.1 Å². The number of nitrogens with zero attached hydrogens (tertiary/aromatic N) is 1. The number of carbonyl (C=O) groups is 3. The summed E-state index contributed by atoms with van der Waals surface area (Å²) in [5.41, 5.74) is 3.68. The maximum Gasteiger partial charge on any atom is 0.329 e. The average molecular weight is 543 g/mol. The Bertz CT molecular complexity index is 1260. The van der Waals surface area contributed by atoms with Crippen molar-refractivity contribution in [2.45, 2.75) is 13.3 Å². The molecule has 0 aliphatic carbocycles. The van der Waals surface area contributed by atoms with Crippen LogP contribution in [0.1, 0.15) is 18.9 Å². The smallest absolute Gasteiger partial charge is 0.329 e. The van der Waals surface area contributed by atoms with Gasteiger partial charge >= 0.3 is 11.8 Å². The molecule has 0 radical (unpaired) electrons. The second kappa shape index (κ2) is 13.9. The summed E-state index contributed by atoms with van der Waals surface area (Å²) in [5, 5.41) is 9.69. The van der Waals surface area contributed by atoms with Crippen LogP contribution in [0.3, 0.4) is 0 Å². The van der Waals surface area contributed by atoms with Gasteiger partial charge in [0.25, 0.3) is 5.91 Å². The van der Waals surface area contributed by atoms with Gasteiger partial charge in [-0.05, 0) is 78.7 Å². The Morgan fingerprint density at radius 1 is 0.865 bits per heavy atom. The highest BCUT2D eigenvalue weighted by atomic mass is 35.5. The van der Waals surface area contributed by atoms with Crippen LogP contribution in [0.15, 0.2) is 71.8 Å². The van der Waals surface area contributed by atoms with Crippen molar-refractivity contribution in [2.24, 2.45) is 5.10 Å². The van der Waals surface area contributed by atoms with Crippen LogP contribution in [0.5, 0.6) is 11.5 Å². The first-order valence-electron chi connectivity index (χ1n) is 11.2. The number of anilines is 2. The van der Waals surface area contributed by atoms with E-state index in [0.717, 1.165) is 6.42 Å². The molecule has 0 aromatic heterocycles. The molecule has 37 heavy (non-hydrogen) atoms. The fourth-order valence-electron chi connectivity index (χ4n) is 2.83. The number of carbonyl (C=O) groups excluding carboxylic acids is 3. The van der Waals surface area contributed by atoms with Crippen molar-refractivity contribution in [1.82, 2.24) is 5.43 Å². The molecule has 0 saturated heterocycles. The second-order valence-corrected chi connectivity index (χ2v) is 8.40. The summed E-state index contributed by atoms with van der Waals surface area (Å²) in [6.07, 6.45) is 2.25. The largest absolute Gasteiger partial charge is 0.494 e. The lowest BCUT2D eigenvalue weighted by atomic mass is 10.2. The highest BCUT2D eigenvalue weighted by Gasteiger charge is 2.13. The van der Waals surface area contributed by atoms with Crippen LogP contribution in [-0.2, 0) is 14.4 Å². The van der Waals surface area contributed by atoms with E-state index in [2.05, 4.69) is 21.2 Å². The molecule has 0 spiro atoms. The maximum atomic E-state index is 12.1. The molecule has 3 aromatic rings. The number of halogens is 2. The zero-order valence-electron chi connectivity index (χ0n) is 19.8. The number of amides is 3. The molecule has 3 aromatic carbocycles. The Hall–Kier alpha value is -4.08. The van der Waals surface area contributed by atoms with E-state index in [0.29, 0.717) is 45.1 Å². The predicted octanol–water partition coefficient (Wildman–Crippen LogP) is 4.89. The fourth-order valence-corrected chi connectivity index (χ4v) is 3.29. The number of ether oxygens (including phenoxy) is 2. The van der Waals surface area contributed by atoms with Crippen LogP contribution in [0.4, 0.5) is 11.4 Å². The van der Waals surface area contributed by atoms with Gasteiger partial charge in [-0.3, -0.25) is 14.4 Å². The van der Waals surface area contributed by atoms with Gasteiger partial charge in [0, 0.05) is 10.7 Å². The molecule has 0 heterocycles. The zero-order valence-corrected chi connectivity index (χ0v) is 21.3. The summed E-state index contributed by atoms with van der Waals surface area (Å²) >= 11 is 11.9. The van der Waals surface area contributed by atoms with Gasteiger partial charge in [-0.15, -0.1) is 0 Å².